The van der Waals surface area contributed by atoms with Crippen LogP contribution in [0.25, 0.3) is 23.3 Å². The van der Waals surface area contributed by atoms with E-state index in [9.17, 15) is 9.59 Å². The van der Waals surface area contributed by atoms with Crippen LogP contribution in [-0.2, 0) is 9.59 Å². The van der Waals surface area contributed by atoms with Gasteiger partial charge < -0.3 is 4.90 Å². The Hall–Kier alpha value is -5.48. The minimum absolute atomic E-state index is 0.258. The van der Waals surface area contributed by atoms with Gasteiger partial charge in [0.15, 0.2) is 0 Å². The van der Waals surface area contributed by atoms with Gasteiger partial charge in [-0.25, -0.2) is 0 Å². The van der Waals surface area contributed by atoms with Crippen molar-refractivity contribution in [3.05, 3.63) is 162 Å². The van der Waals surface area contributed by atoms with E-state index in [4.69, 9.17) is 0 Å². The Balaban J connectivity index is 1.38. The topological polar surface area (TPSA) is 40.6 Å². The van der Waals surface area contributed by atoms with E-state index in [1.807, 2.05) is 123 Å². The number of hydrogen-bond acceptors (Lipinski definition) is 3. The second-order valence-electron chi connectivity index (χ2n) is 10.7. The Kier molecular flexibility index (Phi) is 7.84. The van der Waals surface area contributed by atoms with Crippen LogP contribution in [0.4, 0.5) is 17.1 Å². The summed E-state index contributed by atoms with van der Waals surface area (Å²) in [5, 5.41) is 0. The Morgan fingerprint density at radius 2 is 0.860 bits per heavy atom. The van der Waals surface area contributed by atoms with Gasteiger partial charge in [0.2, 0.25) is 0 Å². The zero-order chi connectivity index (χ0) is 29.8. The van der Waals surface area contributed by atoms with Crippen molar-refractivity contribution in [3.8, 4) is 0 Å². The average molecular weight is 561 g/mol. The molecule has 0 fully saturated rings. The SMILES string of the molecule is CC(C)N1C(=O)C(c2ccc(/C=C/c3ccccc3)cc2)=C(c2ccc(N(c3ccccc3)c3ccccc3)cc2)C1=O. The van der Waals surface area contributed by atoms with Gasteiger partial charge in [-0.3, -0.25) is 14.5 Å². The minimum Gasteiger partial charge on any atom is -0.311 e. The summed E-state index contributed by atoms with van der Waals surface area (Å²) in [6.45, 7) is 3.74. The van der Waals surface area contributed by atoms with Crippen LogP contribution in [0.2, 0.25) is 0 Å². The van der Waals surface area contributed by atoms with Gasteiger partial charge in [0.05, 0.1) is 11.1 Å². The van der Waals surface area contributed by atoms with Gasteiger partial charge in [-0.1, -0.05) is 115 Å². The number of anilines is 3. The standard InChI is InChI=1S/C39H32N2O2/c1-28(2)40-38(42)36(31-22-20-30(21-23-31)19-18-29-12-6-3-7-13-29)37(39(40)43)32-24-26-35(27-25-32)41(33-14-8-4-9-15-33)34-16-10-5-11-17-34/h3-28H,1-2H3/b19-18+. The smallest absolute Gasteiger partial charge is 0.262 e. The average Bonchev–Trinajstić information content (AvgIpc) is 3.32. The van der Waals surface area contributed by atoms with Gasteiger partial charge in [-0.15, -0.1) is 0 Å². The first-order valence-electron chi connectivity index (χ1n) is 14.5. The first-order chi connectivity index (χ1) is 21.0. The van der Waals surface area contributed by atoms with E-state index in [1.165, 1.54) is 4.90 Å². The highest BCUT2D eigenvalue weighted by Gasteiger charge is 2.40. The predicted molar refractivity (Wildman–Crippen MR) is 177 cm³/mol. The second kappa shape index (κ2) is 12.2. The van der Waals surface area contributed by atoms with Crippen LogP contribution in [0.1, 0.15) is 36.1 Å². The molecule has 4 nitrogen and oxygen atoms in total. The van der Waals surface area contributed by atoms with Crippen LogP contribution in [0.5, 0.6) is 0 Å². The van der Waals surface area contributed by atoms with Crippen molar-refractivity contribution < 1.29 is 9.59 Å². The van der Waals surface area contributed by atoms with Crippen LogP contribution in [0.3, 0.4) is 0 Å². The molecule has 0 spiro atoms. The molecule has 0 N–H and O–H groups in total. The van der Waals surface area contributed by atoms with E-state index in [-0.39, 0.29) is 17.9 Å². The summed E-state index contributed by atoms with van der Waals surface area (Å²) >= 11 is 0. The van der Waals surface area contributed by atoms with Gasteiger partial charge in [0.1, 0.15) is 0 Å². The molecule has 0 unspecified atom stereocenters. The molecule has 2 amide bonds. The normalized spacial score (nSPS) is 13.4. The third kappa shape index (κ3) is 5.68. The molecule has 1 aliphatic rings. The molecule has 1 aliphatic heterocycles. The molecule has 0 atom stereocenters. The zero-order valence-electron chi connectivity index (χ0n) is 24.2. The number of para-hydroxylation sites is 2. The van der Waals surface area contributed by atoms with Crippen molar-refractivity contribution >= 4 is 52.2 Å². The molecule has 43 heavy (non-hydrogen) atoms. The summed E-state index contributed by atoms with van der Waals surface area (Å²) in [5.74, 6) is -0.527. The summed E-state index contributed by atoms with van der Waals surface area (Å²) in [6, 6.07) is 45.9. The lowest BCUT2D eigenvalue weighted by Gasteiger charge is -2.25. The quantitative estimate of drug-likeness (QED) is 0.140. The van der Waals surface area contributed by atoms with Gasteiger partial charge in [0.25, 0.3) is 11.8 Å². The summed E-state index contributed by atoms with van der Waals surface area (Å²) < 4.78 is 0. The van der Waals surface area contributed by atoms with Gasteiger partial charge in [0, 0.05) is 23.1 Å². The van der Waals surface area contributed by atoms with Crippen LogP contribution >= 0.6 is 0 Å². The van der Waals surface area contributed by atoms with E-state index < -0.39 is 0 Å². The number of carbonyl (C=O) groups is 2. The van der Waals surface area contributed by atoms with Crippen molar-refractivity contribution in [3.63, 3.8) is 0 Å². The molecule has 0 aliphatic carbocycles. The fourth-order valence-electron chi connectivity index (χ4n) is 5.45. The molecule has 6 rings (SSSR count). The summed E-state index contributed by atoms with van der Waals surface area (Å²) in [6.07, 6.45) is 4.10. The number of imide groups is 1. The van der Waals surface area contributed by atoms with Crippen LogP contribution in [0.15, 0.2) is 140 Å². The minimum atomic E-state index is -0.265. The number of nitrogens with zero attached hydrogens (tertiary/aromatic N) is 2. The van der Waals surface area contributed by atoms with Crippen molar-refractivity contribution in [2.24, 2.45) is 0 Å². The molecule has 5 aromatic carbocycles. The number of amides is 2. The molecule has 0 radical (unpaired) electrons. The highest BCUT2D eigenvalue weighted by atomic mass is 16.2. The zero-order valence-corrected chi connectivity index (χ0v) is 24.2. The molecule has 210 valence electrons. The first-order valence-corrected chi connectivity index (χ1v) is 14.5. The van der Waals surface area contributed by atoms with Crippen molar-refractivity contribution in [1.29, 1.82) is 0 Å². The van der Waals surface area contributed by atoms with E-state index in [1.54, 1.807) is 0 Å². The molecular formula is C39H32N2O2. The largest absolute Gasteiger partial charge is 0.311 e. The van der Waals surface area contributed by atoms with E-state index in [0.717, 1.165) is 39.3 Å². The fourth-order valence-corrected chi connectivity index (χ4v) is 5.45. The lowest BCUT2D eigenvalue weighted by atomic mass is 9.95. The number of rotatable bonds is 8. The summed E-state index contributed by atoms with van der Waals surface area (Å²) in [4.78, 5) is 31.0. The van der Waals surface area contributed by atoms with Crippen molar-refractivity contribution in [2.45, 2.75) is 19.9 Å². The molecule has 0 aromatic heterocycles. The van der Waals surface area contributed by atoms with E-state index in [2.05, 4.69) is 47.4 Å². The van der Waals surface area contributed by atoms with Gasteiger partial charge in [-0.05, 0) is 72.5 Å². The Labute approximate surface area is 252 Å². The molecule has 0 bridgehead atoms. The molecule has 0 saturated carbocycles. The maximum atomic E-state index is 13.8. The number of carbonyl (C=O) groups excluding carboxylic acids is 2. The Morgan fingerprint density at radius 1 is 0.488 bits per heavy atom. The van der Waals surface area contributed by atoms with E-state index >= 15 is 0 Å². The van der Waals surface area contributed by atoms with E-state index in [0.29, 0.717) is 11.1 Å². The maximum Gasteiger partial charge on any atom is 0.262 e. The van der Waals surface area contributed by atoms with Gasteiger partial charge in [-0.2, -0.15) is 0 Å². The van der Waals surface area contributed by atoms with Crippen molar-refractivity contribution in [1.82, 2.24) is 4.90 Å². The van der Waals surface area contributed by atoms with Crippen LogP contribution in [-0.4, -0.2) is 22.8 Å². The van der Waals surface area contributed by atoms with Crippen molar-refractivity contribution in [2.75, 3.05) is 4.90 Å². The lowest BCUT2D eigenvalue weighted by molar-refractivity contribution is -0.137. The summed E-state index contributed by atoms with van der Waals surface area (Å²) in [5.41, 5.74) is 7.46. The number of hydrogen-bond donors (Lipinski definition) is 0. The molecular weight excluding hydrogens is 528 g/mol. The van der Waals surface area contributed by atoms with Crippen LogP contribution in [0, 0.1) is 0 Å². The Morgan fingerprint density at radius 3 is 1.30 bits per heavy atom. The first kappa shape index (κ1) is 27.7. The predicted octanol–water partition coefficient (Wildman–Crippen LogP) is 9.01. The third-order valence-electron chi connectivity index (χ3n) is 7.54. The highest BCUT2D eigenvalue weighted by molar-refractivity contribution is 6.49. The van der Waals surface area contributed by atoms with Gasteiger partial charge >= 0.3 is 0 Å². The monoisotopic (exact) mass is 560 g/mol. The second-order valence-corrected chi connectivity index (χ2v) is 10.7. The molecule has 1 heterocycles. The van der Waals surface area contributed by atoms with Crippen LogP contribution < -0.4 is 4.90 Å². The lowest BCUT2D eigenvalue weighted by Crippen LogP contribution is -2.37. The summed E-state index contributed by atoms with van der Waals surface area (Å²) in [7, 11) is 0. The molecule has 0 saturated heterocycles. The third-order valence-corrected chi connectivity index (χ3v) is 7.54. The molecule has 5 aromatic rings. The fraction of sp³-hybridized carbons (Fsp3) is 0.0769. The molecule has 4 heteroatoms. The Bertz CT molecular complexity index is 1750. The number of benzene rings is 5. The maximum absolute atomic E-state index is 13.8. The highest BCUT2D eigenvalue weighted by Crippen LogP contribution is 2.39.